The first-order valence-electron chi connectivity index (χ1n) is 6.30. The normalized spacial score (nSPS) is 11.1. The molecular formula is C16H11FN2O2. The van der Waals surface area contributed by atoms with Crippen LogP contribution in [0.1, 0.15) is 16.1 Å². The summed E-state index contributed by atoms with van der Waals surface area (Å²) in [4.78, 5) is 11.9. The van der Waals surface area contributed by atoms with Crippen molar-refractivity contribution in [3.05, 3.63) is 71.7 Å². The summed E-state index contributed by atoms with van der Waals surface area (Å²) in [6.07, 6.45) is 1.36. The van der Waals surface area contributed by atoms with Crippen LogP contribution in [0.4, 0.5) is 4.39 Å². The third kappa shape index (κ3) is 2.97. The van der Waals surface area contributed by atoms with Crippen LogP contribution in [-0.2, 0) is 0 Å². The van der Waals surface area contributed by atoms with E-state index >= 15 is 0 Å². The Balaban J connectivity index is 1.71. The molecule has 21 heavy (non-hydrogen) atoms. The predicted octanol–water partition coefficient (Wildman–Crippen LogP) is 3.34. The van der Waals surface area contributed by atoms with Crippen LogP contribution < -0.4 is 5.43 Å². The molecule has 0 spiro atoms. The van der Waals surface area contributed by atoms with E-state index in [0.717, 1.165) is 5.39 Å². The molecule has 0 aliphatic carbocycles. The van der Waals surface area contributed by atoms with Gasteiger partial charge in [-0.05, 0) is 29.8 Å². The Bertz CT molecular complexity index is 791. The van der Waals surface area contributed by atoms with Gasteiger partial charge >= 0.3 is 5.91 Å². The number of nitrogens with one attached hydrogen (secondary N) is 1. The van der Waals surface area contributed by atoms with Gasteiger partial charge in [0.2, 0.25) is 0 Å². The zero-order chi connectivity index (χ0) is 14.7. The Morgan fingerprint density at radius 1 is 1.14 bits per heavy atom. The van der Waals surface area contributed by atoms with Gasteiger partial charge in [0.1, 0.15) is 11.4 Å². The minimum atomic E-state index is -0.459. The molecule has 0 saturated carbocycles. The van der Waals surface area contributed by atoms with E-state index in [1.54, 1.807) is 24.3 Å². The molecule has 1 aromatic heterocycles. The highest BCUT2D eigenvalue weighted by atomic mass is 19.1. The van der Waals surface area contributed by atoms with Gasteiger partial charge in [0.15, 0.2) is 5.76 Å². The van der Waals surface area contributed by atoms with Gasteiger partial charge in [0, 0.05) is 5.39 Å². The van der Waals surface area contributed by atoms with Crippen molar-refractivity contribution in [2.45, 2.75) is 0 Å². The molecule has 0 radical (unpaired) electrons. The molecule has 104 valence electrons. The number of carbonyl (C=O) groups excluding carboxylic acids is 1. The van der Waals surface area contributed by atoms with E-state index in [4.69, 9.17) is 4.42 Å². The van der Waals surface area contributed by atoms with E-state index in [-0.39, 0.29) is 11.6 Å². The molecule has 1 N–H and O–H groups in total. The second-order valence-corrected chi connectivity index (χ2v) is 4.40. The zero-order valence-electron chi connectivity index (χ0n) is 10.9. The fourth-order valence-electron chi connectivity index (χ4n) is 1.90. The standard InChI is InChI=1S/C16H11FN2O2/c17-13-6-3-4-11(8-13)10-18-19-16(20)15-9-12-5-1-2-7-14(12)21-15/h1-10H,(H,19,20)/b18-10+. The van der Waals surface area contributed by atoms with Crippen molar-refractivity contribution >= 4 is 23.1 Å². The van der Waals surface area contributed by atoms with Crippen LogP contribution in [0.15, 0.2) is 64.1 Å². The molecule has 0 bridgehead atoms. The molecule has 4 nitrogen and oxygen atoms in total. The molecule has 3 rings (SSSR count). The van der Waals surface area contributed by atoms with E-state index in [2.05, 4.69) is 10.5 Å². The number of hydrogen-bond acceptors (Lipinski definition) is 3. The van der Waals surface area contributed by atoms with Crippen molar-refractivity contribution in [2.24, 2.45) is 5.10 Å². The molecule has 0 atom stereocenters. The summed E-state index contributed by atoms with van der Waals surface area (Å²) in [6, 6.07) is 14.9. The highest BCUT2D eigenvalue weighted by Crippen LogP contribution is 2.18. The number of amides is 1. The summed E-state index contributed by atoms with van der Waals surface area (Å²) in [6.45, 7) is 0. The first-order chi connectivity index (χ1) is 10.2. The first kappa shape index (κ1) is 13.1. The maximum Gasteiger partial charge on any atom is 0.307 e. The van der Waals surface area contributed by atoms with Crippen LogP contribution in [-0.4, -0.2) is 12.1 Å². The largest absolute Gasteiger partial charge is 0.451 e. The summed E-state index contributed by atoms with van der Waals surface area (Å²) < 4.78 is 18.4. The monoisotopic (exact) mass is 282 g/mol. The summed E-state index contributed by atoms with van der Waals surface area (Å²) in [5.41, 5.74) is 3.53. The van der Waals surface area contributed by atoms with E-state index in [0.29, 0.717) is 11.1 Å². The van der Waals surface area contributed by atoms with E-state index < -0.39 is 5.91 Å². The topological polar surface area (TPSA) is 54.6 Å². The zero-order valence-corrected chi connectivity index (χ0v) is 10.9. The van der Waals surface area contributed by atoms with Crippen molar-refractivity contribution in [2.75, 3.05) is 0 Å². The fourth-order valence-corrected chi connectivity index (χ4v) is 1.90. The Labute approximate surface area is 119 Å². The summed E-state index contributed by atoms with van der Waals surface area (Å²) >= 11 is 0. The number of furan rings is 1. The smallest absolute Gasteiger partial charge is 0.307 e. The molecule has 3 aromatic rings. The van der Waals surface area contributed by atoms with Crippen LogP contribution in [0.5, 0.6) is 0 Å². The Kier molecular flexibility index (Phi) is 3.47. The van der Waals surface area contributed by atoms with Gasteiger partial charge in [-0.1, -0.05) is 30.3 Å². The molecule has 1 amide bonds. The molecule has 0 saturated heterocycles. The van der Waals surface area contributed by atoms with Gasteiger partial charge in [-0.25, -0.2) is 9.82 Å². The van der Waals surface area contributed by atoms with Gasteiger partial charge in [-0.2, -0.15) is 5.10 Å². The van der Waals surface area contributed by atoms with Crippen molar-refractivity contribution < 1.29 is 13.6 Å². The quantitative estimate of drug-likeness (QED) is 0.591. The van der Waals surface area contributed by atoms with Gasteiger partial charge in [-0.15, -0.1) is 0 Å². The highest BCUT2D eigenvalue weighted by molar-refractivity contribution is 5.96. The molecular weight excluding hydrogens is 271 g/mol. The Hall–Kier alpha value is -2.95. The summed E-state index contributed by atoms with van der Waals surface area (Å²) in [5, 5.41) is 4.62. The first-order valence-corrected chi connectivity index (χ1v) is 6.30. The van der Waals surface area contributed by atoms with Crippen molar-refractivity contribution in [1.29, 1.82) is 0 Å². The highest BCUT2D eigenvalue weighted by Gasteiger charge is 2.10. The average Bonchev–Trinajstić information content (AvgIpc) is 2.91. The SMILES string of the molecule is O=C(N/N=C/c1cccc(F)c1)c1cc2ccccc2o1. The lowest BCUT2D eigenvalue weighted by Gasteiger charge is -1.95. The van der Waals surface area contributed by atoms with E-state index in [1.807, 2.05) is 18.2 Å². The van der Waals surface area contributed by atoms with Crippen LogP contribution in [0.25, 0.3) is 11.0 Å². The Morgan fingerprint density at radius 2 is 2.00 bits per heavy atom. The third-order valence-electron chi connectivity index (χ3n) is 2.88. The van der Waals surface area contributed by atoms with Crippen molar-refractivity contribution in [1.82, 2.24) is 5.43 Å². The lowest BCUT2D eigenvalue weighted by Crippen LogP contribution is -2.16. The number of para-hydroxylation sites is 1. The lowest BCUT2D eigenvalue weighted by atomic mass is 10.2. The van der Waals surface area contributed by atoms with Crippen molar-refractivity contribution in [3.63, 3.8) is 0 Å². The van der Waals surface area contributed by atoms with Gasteiger partial charge in [0.05, 0.1) is 6.21 Å². The molecule has 0 unspecified atom stereocenters. The average molecular weight is 282 g/mol. The molecule has 2 aromatic carbocycles. The molecule has 0 aliphatic rings. The number of benzene rings is 2. The molecule has 1 heterocycles. The number of rotatable bonds is 3. The number of fused-ring (bicyclic) bond motifs is 1. The number of nitrogens with zero attached hydrogens (tertiary/aromatic N) is 1. The lowest BCUT2D eigenvalue weighted by molar-refractivity contribution is 0.0929. The molecule has 5 heteroatoms. The third-order valence-corrected chi connectivity index (χ3v) is 2.88. The number of halogens is 1. The summed E-state index contributed by atoms with van der Waals surface area (Å²) in [5.74, 6) is -0.644. The number of hydrogen-bond donors (Lipinski definition) is 1. The molecule has 0 aliphatic heterocycles. The predicted molar refractivity (Wildman–Crippen MR) is 77.7 cm³/mol. The summed E-state index contributed by atoms with van der Waals surface area (Å²) in [7, 11) is 0. The van der Waals surface area contributed by atoms with Gasteiger partial charge < -0.3 is 4.42 Å². The number of carbonyl (C=O) groups is 1. The van der Waals surface area contributed by atoms with Gasteiger partial charge in [0.25, 0.3) is 0 Å². The Morgan fingerprint density at radius 3 is 2.81 bits per heavy atom. The number of hydrazone groups is 1. The van der Waals surface area contributed by atoms with Gasteiger partial charge in [-0.3, -0.25) is 4.79 Å². The van der Waals surface area contributed by atoms with Crippen LogP contribution in [0.3, 0.4) is 0 Å². The van der Waals surface area contributed by atoms with Crippen LogP contribution in [0, 0.1) is 5.82 Å². The minimum absolute atomic E-state index is 0.174. The van der Waals surface area contributed by atoms with E-state index in [9.17, 15) is 9.18 Å². The van der Waals surface area contributed by atoms with Crippen LogP contribution >= 0.6 is 0 Å². The molecule has 0 fully saturated rings. The minimum Gasteiger partial charge on any atom is -0.451 e. The second kappa shape index (κ2) is 5.58. The van der Waals surface area contributed by atoms with Crippen LogP contribution in [0.2, 0.25) is 0 Å². The second-order valence-electron chi connectivity index (χ2n) is 4.40. The maximum absolute atomic E-state index is 13.0. The van der Waals surface area contributed by atoms with E-state index in [1.165, 1.54) is 18.3 Å². The fraction of sp³-hybridized carbons (Fsp3) is 0. The maximum atomic E-state index is 13.0. The van der Waals surface area contributed by atoms with Crippen molar-refractivity contribution in [3.8, 4) is 0 Å².